The Morgan fingerprint density at radius 3 is 2.94 bits per heavy atom. The summed E-state index contributed by atoms with van der Waals surface area (Å²) in [5.41, 5.74) is 1.22. The van der Waals surface area contributed by atoms with Crippen molar-refractivity contribution in [2.24, 2.45) is 5.92 Å². The van der Waals surface area contributed by atoms with E-state index >= 15 is 0 Å². The maximum Gasteiger partial charge on any atom is 0.161 e. The highest BCUT2D eigenvalue weighted by molar-refractivity contribution is 5.47. The van der Waals surface area contributed by atoms with Gasteiger partial charge in [0.2, 0.25) is 0 Å². The monoisotopic (exact) mass is 428 g/mol. The van der Waals surface area contributed by atoms with Gasteiger partial charge in [0.25, 0.3) is 0 Å². The fourth-order valence-corrected chi connectivity index (χ4v) is 4.76. The van der Waals surface area contributed by atoms with Crippen LogP contribution in [0.25, 0.3) is 5.65 Å². The van der Waals surface area contributed by atoms with E-state index in [1.165, 1.54) is 24.7 Å². The van der Waals surface area contributed by atoms with E-state index in [0.717, 1.165) is 51.3 Å². The first-order chi connectivity index (χ1) is 15.2. The molecule has 164 valence electrons. The predicted octanol–water partition coefficient (Wildman–Crippen LogP) is 2.91. The van der Waals surface area contributed by atoms with E-state index in [9.17, 15) is 8.78 Å². The van der Waals surface area contributed by atoms with Gasteiger partial charge in [0.15, 0.2) is 5.65 Å². The van der Waals surface area contributed by atoms with Crippen molar-refractivity contribution in [3.05, 3.63) is 54.1 Å². The van der Waals surface area contributed by atoms with Crippen LogP contribution >= 0.6 is 0 Å². The summed E-state index contributed by atoms with van der Waals surface area (Å²) in [5, 5.41) is 4.10. The molecule has 2 aliphatic heterocycles. The van der Waals surface area contributed by atoms with E-state index in [0.29, 0.717) is 36.3 Å². The van der Waals surface area contributed by atoms with Crippen molar-refractivity contribution in [3.8, 4) is 0 Å². The fourth-order valence-electron chi connectivity index (χ4n) is 4.76. The van der Waals surface area contributed by atoms with Gasteiger partial charge in [-0.1, -0.05) is 0 Å². The lowest BCUT2D eigenvalue weighted by atomic mass is 9.92. The molecule has 0 spiro atoms. The average molecular weight is 428 g/mol. The highest BCUT2D eigenvalue weighted by Gasteiger charge is 2.32. The number of aryl methyl sites for hydroxylation is 1. The van der Waals surface area contributed by atoms with Crippen LogP contribution in [0.4, 0.5) is 14.6 Å². The molecule has 0 unspecified atom stereocenters. The third-order valence-corrected chi connectivity index (χ3v) is 6.39. The van der Waals surface area contributed by atoms with E-state index in [-0.39, 0.29) is 11.6 Å². The van der Waals surface area contributed by atoms with Crippen LogP contribution in [0.3, 0.4) is 0 Å². The zero-order valence-corrected chi connectivity index (χ0v) is 17.3. The van der Waals surface area contributed by atoms with Crippen LogP contribution in [0.15, 0.2) is 36.9 Å². The van der Waals surface area contributed by atoms with Gasteiger partial charge in [0.05, 0.1) is 19.5 Å². The van der Waals surface area contributed by atoms with Crippen LogP contribution in [0.2, 0.25) is 0 Å². The van der Waals surface area contributed by atoms with E-state index in [2.05, 4.69) is 24.9 Å². The molecular formula is C22H26F2N6O. The van der Waals surface area contributed by atoms with Crippen LogP contribution < -0.4 is 4.90 Å². The van der Waals surface area contributed by atoms with Gasteiger partial charge in [0.1, 0.15) is 23.8 Å². The normalized spacial score (nSPS) is 22.5. The second kappa shape index (κ2) is 8.84. The van der Waals surface area contributed by atoms with Crippen molar-refractivity contribution in [1.82, 2.24) is 24.5 Å². The Bertz CT molecular complexity index is 1030. The first-order valence-electron chi connectivity index (χ1n) is 10.8. The highest BCUT2D eigenvalue weighted by atomic mass is 19.1. The lowest BCUT2D eigenvalue weighted by Gasteiger charge is -2.41. The summed E-state index contributed by atoms with van der Waals surface area (Å²) in [6, 6.07) is 5.02. The second-order valence-corrected chi connectivity index (χ2v) is 8.41. The Labute approximate surface area is 179 Å². The van der Waals surface area contributed by atoms with E-state index in [1.54, 1.807) is 16.8 Å². The van der Waals surface area contributed by atoms with Crippen molar-refractivity contribution in [2.75, 3.05) is 37.9 Å². The number of ether oxygens (including phenoxy) is 1. The molecule has 3 aromatic rings. The van der Waals surface area contributed by atoms with Crippen molar-refractivity contribution in [2.45, 2.75) is 31.7 Å². The van der Waals surface area contributed by atoms with Gasteiger partial charge in [-0.25, -0.2) is 23.3 Å². The number of rotatable bonds is 5. The van der Waals surface area contributed by atoms with Crippen molar-refractivity contribution >= 4 is 11.5 Å². The van der Waals surface area contributed by atoms with E-state index < -0.39 is 0 Å². The molecule has 0 bridgehead atoms. The summed E-state index contributed by atoms with van der Waals surface area (Å²) in [4.78, 5) is 13.1. The minimum absolute atomic E-state index is 0.224. The first-order valence-corrected chi connectivity index (χ1v) is 10.8. The summed E-state index contributed by atoms with van der Waals surface area (Å²) in [7, 11) is 0. The molecule has 0 aliphatic carbocycles. The standard InChI is InChI=1S/C22H26F2N6O/c23-17-4-5-21(25-11-17)28-8-9-29-15-31-13-16(10-18(29)12-28)2-1-3-19-20(24)6-7-30-22(19)26-14-27-30/h4-7,11,14,16,18H,1-3,8-10,12-13,15H2/t16-,18-/m0/s1. The maximum absolute atomic E-state index is 14.3. The average Bonchev–Trinajstić information content (AvgIpc) is 3.16. The molecule has 2 atom stereocenters. The summed E-state index contributed by atoms with van der Waals surface area (Å²) < 4.78 is 35.1. The van der Waals surface area contributed by atoms with Crippen molar-refractivity contribution < 1.29 is 13.5 Å². The van der Waals surface area contributed by atoms with E-state index in [1.807, 2.05) is 0 Å². The third kappa shape index (κ3) is 4.38. The van der Waals surface area contributed by atoms with Crippen LogP contribution in [0, 0.1) is 17.6 Å². The van der Waals surface area contributed by atoms with E-state index in [4.69, 9.17) is 4.74 Å². The van der Waals surface area contributed by atoms with Gasteiger partial charge in [-0.2, -0.15) is 5.10 Å². The maximum atomic E-state index is 14.3. The first kappa shape index (κ1) is 20.3. The van der Waals surface area contributed by atoms with Crippen LogP contribution in [-0.4, -0.2) is 63.5 Å². The van der Waals surface area contributed by atoms with Crippen LogP contribution in [0.1, 0.15) is 24.8 Å². The molecule has 0 radical (unpaired) electrons. The Kier molecular flexibility index (Phi) is 5.78. The molecule has 5 rings (SSSR count). The summed E-state index contributed by atoms with van der Waals surface area (Å²) in [6.07, 6.45) is 7.81. The summed E-state index contributed by atoms with van der Waals surface area (Å²) in [6.45, 7) is 3.96. The predicted molar refractivity (Wildman–Crippen MR) is 112 cm³/mol. The molecule has 31 heavy (non-hydrogen) atoms. The Hall–Kier alpha value is -2.65. The molecule has 0 amide bonds. The zero-order valence-electron chi connectivity index (χ0n) is 17.3. The number of fused-ring (bicyclic) bond motifs is 2. The number of piperazine rings is 1. The Morgan fingerprint density at radius 1 is 1.13 bits per heavy atom. The van der Waals surface area contributed by atoms with Gasteiger partial charge in [-0.05, 0) is 49.8 Å². The molecule has 3 aromatic heterocycles. The molecule has 2 fully saturated rings. The number of halogens is 2. The van der Waals surface area contributed by atoms with Gasteiger partial charge in [0, 0.05) is 37.4 Å². The highest BCUT2D eigenvalue weighted by Crippen LogP contribution is 2.27. The number of aromatic nitrogens is 4. The van der Waals surface area contributed by atoms with Crippen molar-refractivity contribution in [3.63, 3.8) is 0 Å². The minimum atomic E-state index is -0.316. The zero-order chi connectivity index (χ0) is 21.2. The molecule has 0 N–H and O–H groups in total. The Morgan fingerprint density at radius 2 is 2.06 bits per heavy atom. The molecule has 2 aliphatic rings. The van der Waals surface area contributed by atoms with Crippen LogP contribution in [-0.2, 0) is 11.2 Å². The number of nitrogens with zero attached hydrogens (tertiary/aromatic N) is 6. The molecule has 5 heterocycles. The minimum Gasteiger partial charge on any atom is -0.366 e. The number of anilines is 1. The van der Waals surface area contributed by atoms with Gasteiger partial charge in [-0.15, -0.1) is 0 Å². The number of hydrogen-bond acceptors (Lipinski definition) is 6. The number of pyridine rings is 2. The topological polar surface area (TPSA) is 58.8 Å². The van der Waals surface area contributed by atoms with Crippen molar-refractivity contribution in [1.29, 1.82) is 0 Å². The molecule has 9 heteroatoms. The second-order valence-electron chi connectivity index (χ2n) is 8.41. The molecule has 0 aromatic carbocycles. The largest absolute Gasteiger partial charge is 0.366 e. The Balaban J connectivity index is 1.20. The molecule has 7 nitrogen and oxygen atoms in total. The SMILES string of the molecule is Fc1ccc(N2CCN3COC[C@@H](CCCc4c(F)ccn5ncnc45)C[C@H]3C2)nc1. The van der Waals surface area contributed by atoms with Gasteiger partial charge >= 0.3 is 0 Å². The van der Waals surface area contributed by atoms with Gasteiger partial charge in [-0.3, -0.25) is 4.90 Å². The summed E-state index contributed by atoms with van der Waals surface area (Å²) >= 11 is 0. The smallest absolute Gasteiger partial charge is 0.161 e. The van der Waals surface area contributed by atoms with Crippen LogP contribution in [0.5, 0.6) is 0 Å². The summed E-state index contributed by atoms with van der Waals surface area (Å²) in [5.74, 6) is 0.693. The third-order valence-electron chi connectivity index (χ3n) is 6.39. The lowest BCUT2D eigenvalue weighted by Crippen LogP contribution is -2.53. The quantitative estimate of drug-likeness (QED) is 0.623. The fraction of sp³-hybridized carbons (Fsp3) is 0.500. The number of hydrogen-bond donors (Lipinski definition) is 0. The molecule has 2 saturated heterocycles. The molecule has 0 saturated carbocycles. The van der Waals surface area contributed by atoms with Gasteiger partial charge < -0.3 is 9.64 Å². The molecular weight excluding hydrogens is 402 g/mol. The lowest BCUT2D eigenvalue weighted by molar-refractivity contribution is 0.0197.